The second kappa shape index (κ2) is 7.94. The van der Waals surface area contributed by atoms with Crippen LogP contribution in [0.25, 0.3) is 5.69 Å². The van der Waals surface area contributed by atoms with E-state index >= 15 is 0 Å². The molecule has 1 saturated carbocycles. The number of ether oxygens (including phenoxy) is 1. The Morgan fingerprint density at radius 2 is 1.97 bits per heavy atom. The fraction of sp³-hybridized carbons (Fsp3) is 0.381. The van der Waals surface area contributed by atoms with Gasteiger partial charge in [0.25, 0.3) is 0 Å². The van der Waals surface area contributed by atoms with Crippen molar-refractivity contribution in [1.29, 1.82) is 0 Å². The van der Waals surface area contributed by atoms with Crippen LogP contribution in [0.15, 0.2) is 35.5 Å². The summed E-state index contributed by atoms with van der Waals surface area (Å²) < 4.78 is 9.56. The number of nitrogens with zero attached hydrogens (tertiary/aromatic N) is 4. The van der Waals surface area contributed by atoms with E-state index in [4.69, 9.17) is 10.5 Å². The van der Waals surface area contributed by atoms with Crippen LogP contribution in [-0.2, 0) is 0 Å². The van der Waals surface area contributed by atoms with Crippen molar-refractivity contribution in [2.45, 2.75) is 44.8 Å². The third-order valence-electron chi connectivity index (χ3n) is 5.07. The highest BCUT2D eigenvalue weighted by molar-refractivity contribution is 7.99. The van der Waals surface area contributed by atoms with Gasteiger partial charge in [0.15, 0.2) is 10.9 Å². The summed E-state index contributed by atoms with van der Waals surface area (Å²) in [6.45, 7) is 6.59. The van der Waals surface area contributed by atoms with Gasteiger partial charge in [-0.05, 0) is 63.9 Å². The van der Waals surface area contributed by atoms with Crippen LogP contribution in [0.1, 0.15) is 47.6 Å². The zero-order valence-electron chi connectivity index (χ0n) is 16.9. The van der Waals surface area contributed by atoms with Crippen molar-refractivity contribution in [3.05, 3.63) is 47.3 Å². The van der Waals surface area contributed by atoms with Gasteiger partial charge in [-0.2, -0.15) is 0 Å². The van der Waals surface area contributed by atoms with E-state index in [2.05, 4.69) is 14.8 Å². The van der Waals surface area contributed by atoms with E-state index in [-0.39, 0.29) is 5.78 Å². The summed E-state index contributed by atoms with van der Waals surface area (Å²) >= 11 is 1.40. The lowest BCUT2D eigenvalue weighted by Gasteiger charge is -2.11. The molecule has 0 unspecified atom stereocenters. The average Bonchev–Trinajstić information content (AvgIpc) is 3.41. The molecular weight excluding hydrogens is 386 g/mol. The molecule has 0 saturated heterocycles. The minimum atomic E-state index is 0.0733. The maximum Gasteiger partial charge on any atom is 0.222 e. The first-order chi connectivity index (χ1) is 14.0. The number of Topliss-reactive ketones (excluding diaryl/α,β-unsaturated/α-hetero) is 1. The number of ketones is 1. The summed E-state index contributed by atoms with van der Waals surface area (Å²) in [4.78, 5) is 12.9. The molecule has 2 heterocycles. The van der Waals surface area contributed by atoms with E-state index < -0.39 is 0 Å². The number of thioether (sulfide) groups is 1. The molecule has 0 radical (unpaired) electrons. The van der Waals surface area contributed by atoms with Crippen LogP contribution < -0.4 is 10.5 Å². The maximum absolute atomic E-state index is 12.9. The van der Waals surface area contributed by atoms with Gasteiger partial charge in [0.1, 0.15) is 5.75 Å². The predicted octanol–water partition coefficient (Wildman–Crippen LogP) is 3.98. The van der Waals surface area contributed by atoms with Crippen LogP contribution in [-0.4, -0.2) is 37.5 Å². The average molecular weight is 412 g/mol. The molecule has 0 spiro atoms. The molecule has 29 heavy (non-hydrogen) atoms. The van der Waals surface area contributed by atoms with Crippen molar-refractivity contribution in [3.8, 4) is 11.4 Å². The quantitative estimate of drug-likeness (QED) is 0.446. The fourth-order valence-electron chi connectivity index (χ4n) is 3.57. The second-order valence-corrected chi connectivity index (χ2v) is 8.14. The summed E-state index contributed by atoms with van der Waals surface area (Å²) in [6.07, 6.45) is 2.18. The molecule has 1 aliphatic carbocycles. The Morgan fingerprint density at radius 1 is 1.24 bits per heavy atom. The Kier molecular flexibility index (Phi) is 5.36. The Bertz CT molecular complexity index is 1030. The number of benzene rings is 1. The smallest absolute Gasteiger partial charge is 0.222 e. The fourth-order valence-corrected chi connectivity index (χ4v) is 4.47. The van der Waals surface area contributed by atoms with Gasteiger partial charge >= 0.3 is 0 Å². The van der Waals surface area contributed by atoms with Crippen LogP contribution in [0.4, 0.5) is 5.95 Å². The van der Waals surface area contributed by atoms with Crippen molar-refractivity contribution >= 4 is 23.5 Å². The normalized spacial score (nSPS) is 13.6. The van der Waals surface area contributed by atoms with Crippen LogP contribution >= 0.6 is 11.8 Å². The lowest BCUT2D eigenvalue weighted by Crippen LogP contribution is -2.07. The first-order valence-electron chi connectivity index (χ1n) is 9.78. The van der Waals surface area contributed by atoms with Gasteiger partial charge in [0.2, 0.25) is 5.95 Å². The molecule has 8 heteroatoms. The van der Waals surface area contributed by atoms with Gasteiger partial charge < -0.3 is 15.0 Å². The molecule has 4 rings (SSSR count). The molecule has 1 aromatic carbocycles. The van der Waals surface area contributed by atoms with Gasteiger partial charge in [-0.15, -0.1) is 10.2 Å². The molecule has 2 N–H and O–H groups in total. The summed E-state index contributed by atoms with van der Waals surface area (Å²) in [5, 5.41) is 8.83. The van der Waals surface area contributed by atoms with E-state index in [1.807, 2.05) is 55.7 Å². The predicted molar refractivity (Wildman–Crippen MR) is 114 cm³/mol. The lowest BCUT2D eigenvalue weighted by atomic mass is 10.2. The molecule has 3 aromatic rings. The summed E-state index contributed by atoms with van der Waals surface area (Å²) in [6, 6.07) is 10.2. The van der Waals surface area contributed by atoms with Crippen molar-refractivity contribution < 1.29 is 9.53 Å². The van der Waals surface area contributed by atoms with Crippen molar-refractivity contribution in [2.75, 3.05) is 18.1 Å². The van der Waals surface area contributed by atoms with Crippen molar-refractivity contribution in [3.63, 3.8) is 0 Å². The van der Waals surface area contributed by atoms with Crippen LogP contribution in [0.2, 0.25) is 0 Å². The molecule has 0 bridgehead atoms. The number of aromatic nitrogens is 4. The third-order valence-corrected chi connectivity index (χ3v) is 6.02. The van der Waals surface area contributed by atoms with Crippen LogP contribution in [0.3, 0.4) is 0 Å². The van der Waals surface area contributed by atoms with E-state index in [0.717, 1.165) is 46.4 Å². The van der Waals surface area contributed by atoms with Gasteiger partial charge in [-0.1, -0.05) is 11.8 Å². The number of rotatable bonds is 8. The SMILES string of the molecule is CCOc1ccc(-n2c(C)cc(C(=O)CSc3nnc(N)n3C3CC3)c2C)cc1. The Labute approximate surface area is 174 Å². The Balaban J connectivity index is 1.52. The lowest BCUT2D eigenvalue weighted by molar-refractivity contribution is 0.102. The Hall–Kier alpha value is -2.74. The summed E-state index contributed by atoms with van der Waals surface area (Å²) in [5.74, 6) is 1.64. The van der Waals surface area contributed by atoms with Gasteiger partial charge in [-0.25, -0.2) is 0 Å². The molecule has 152 valence electrons. The number of hydrogen-bond acceptors (Lipinski definition) is 6. The number of anilines is 1. The minimum Gasteiger partial charge on any atom is -0.494 e. The first-order valence-corrected chi connectivity index (χ1v) is 10.8. The number of carbonyl (C=O) groups excluding carboxylic acids is 1. The highest BCUT2D eigenvalue weighted by Crippen LogP contribution is 2.39. The van der Waals surface area contributed by atoms with E-state index in [9.17, 15) is 4.79 Å². The monoisotopic (exact) mass is 411 g/mol. The van der Waals surface area contributed by atoms with Crippen molar-refractivity contribution in [1.82, 2.24) is 19.3 Å². The summed E-state index contributed by atoms with van der Waals surface area (Å²) in [5.41, 5.74) is 9.61. The maximum atomic E-state index is 12.9. The van der Waals surface area contributed by atoms with E-state index in [1.165, 1.54) is 11.8 Å². The number of nitrogen functional groups attached to an aromatic ring is 1. The highest BCUT2D eigenvalue weighted by Gasteiger charge is 2.29. The standard InChI is InChI=1S/C21H25N5O2S/c1-4-28-17-9-7-15(8-10-17)25-13(2)11-18(14(25)3)19(27)12-29-21-24-23-20(22)26(21)16-5-6-16/h7-11,16H,4-6,12H2,1-3H3,(H2,22,23). The molecule has 0 atom stereocenters. The number of carbonyl (C=O) groups is 1. The van der Waals surface area contributed by atoms with Crippen molar-refractivity contribution in [2.24, 2.45) is 0 Å². The molecule has 0 aliphatic heterocycles. The molecule has 0 amide bonds. The second-order valence-electron chi connectivity index (χ2n) is 7.20. The largest absolute Gasteiger partial charge is 0.494 e. The first kappa shape index (κ1) is 19.6. The van der Waals surface area contributed by atoms with Gasteiger partial charge in [0.05, 0.1) is 12.4 Å². The zero-order chi connectivity index (χ0) is 20.5. The molecule has 2 aromatic heterocycles. The summed E-state index contributed by atoms with van der Waals surface area (Å²) in [7, 11) is 0. The van der Waals surface area contributed by atoms with Gasteiger partial charge in [-0.3, -0.25) is 9.36 Å². The number of aryl methyl sites for hydroxylation is 1. The number of nitrogens with two attached hydrogens (primary N) is 1. The number of hydrogen-bond donors (Lipinski definition) is 1. The van der Waals surface area contributed by atoms with Crippen LogP contribution in [0, 0.1) is 13.8 Å². The van der Waals surface area contributed by atoms with E-state index in [0.29, 0.717) is 24.3 Å². The molecule has 1 fully saturated rings. The molecule has 1 aliphatic rings. The van der Waals surface area contributed by atoms with Crippen LogP contribution in [0.5, 0.6) is 5.75 Å². The third kappa shape index (κ3) is 3.89. The van der Waals surface area contributed by atoms with Gasteiger partial charge in [0, 0.05) is 28.7 Å². The highest BCUT2D eigenvalue weighted by atomic mass is 32.2. The van der Waals surface area contributed by atoms with E-state index in [1.54, 1.807) is 0 Å². The Morgan fingerprint density at radius 3 is 2.62 bits per heavy atom. The minimum absolute atomic E-state index is 0.0733. The molecular formula is C21H25N5O2S. The molecule has 7 nitrogen and oxygen atoms in total. The topological polar surface area (TPSA) is 88.0 Å². The zero-order valence-corrected chi connectivity index (χ0v) is 17.7.